The molecule has 0 bridgehead atoms. The normalized spacial score (nSPS) is 14.9. The molecular formula is C14H19ClN2O. The predicted octanol–water partition coefficient (Wildman–Crippen LogP) is 3.68. The van der Waals surface area contributed by atoms with Gasteiger partial charge in [-0.25, -0.2) is 0 Å². The molecule has 18 heavy (non-hydrogen) atoms. The monoisotopic (exact) mass is 266 g/mol. The van der Waals surface area contributed by atoms with Crippen LogP contribution < -0.4 is 10.2 Å². The fourth-order valence-electron chi connectivity index (χ4n) is 2.28. The summed E-state index contributed by atoms with van der Waals surface area (Å²) in [5, 5.41) is 3.62. The molecule has 1 aromatic rings. The first-order valence-corrected chi connectivity index (χ1v) is 6.93. The molecule has 0 spiro atoms. The van der Waals surface area contributed by atoms with Gasteiger partial charge in [0, 0.05) is 24.5 Å². The van der Waals surface area contributed by atoms with Gasteiger partial charge >= 0.3 is 0 Å². The van der Waals surface area contributed by atoms with Crippen LogP contribution in [-0.4, -0.2) is 19.0 Å². The highest BCUT2D eigenvalue weighted by molar-refractivity contribution is 6.31. The second-order valence-corrected chi connectivity index (χ2v) is 5.09. The number of carbonyl (C=O) groups is 1. The van der Waals surface area contributed by atoms with Gasteiger partial charge in [-0.2, -0.15) is 0 Å². The molecule has 2 rings (SSSR count). The molecule has 1 N–H and O–H groups in total. The van der Waals surface area contributed by atoms with Gasteiger partial charge in [0.1, 0.15) is 0 Å². The summed E-state index contributed by atoms with van der Waals surface area (Å²) >= 11 is 6.01. The van der Waals surface area contributed by atoms with Crippen molar-refractivity contribution < 1.29 is 4.79 Å². The lowest BCUT2D eigenvalue weighted by atomic mass is 10.2. The Balaban J connectivity index is 2.20. The van der Waals surface area contributed by atoms with E-state index in [0.717, 1.165) is 30.9 Å². The molecule has 4 heteroatoms. The average molecular weight is 267 g/mol. The van der Waals surface area contributed by atoms with Gasteiger partial charge in [0.2, 0.25) is 5.91 Å². The molecule has 1 aliphatic heterocycles. The molecule has 0 aliphatic carbocycles. The summed E-state index contributed by atoms with van der Waals surface area (Å²) in [6, 6.07) is 5.71. The van der Waals surface area contributed by atoms with Gasteiger partial charge in [-0.05, 0) is 37.5 Å². The summed E-state index contributed by atoms with van der Waals surface area (Å²) in [5.41, 5.74) is 1.92. The zero-order chi connectivity index (χ0) is 13.0. The summed E-state index contributed by atoms with van der Waals surface area (Å²) in [6.45, 7) is 4.11. The Bertz CT molecular complexity index is 428. The van der Waals surface area contributed by atoms with Gasteiger partial charge in [0.15, 0.2) is 0 Å². The molecule has 0 aromatic heterocycles. The van der Waals surface area contributed by atoms with Crippen molar-refractivity contribution in [2.75, 3.05) is 23.3 Å². The van der Waals surface area contributed by atoms with E-state index in [2.05, 4.69) is 10.2 Å². The van der Waals surface area contributed by atoms with Crippen LogP contribution in [-0.2, 0) is 4.79 Å². The number of hydrogen-bond donors (Lipinski definition) is 1. The Morgan fingerprint density at radius 2 is 2.11 bits per heavy atom. The maximum atomic E-state index is 11.7. The predicted molar refractivity (Wildman–Crippen MR) is 76.4 cm³/mol. The van der Waals surface area contributed by atoms with Crippen molar-refractivity contribution in [2.45, 2.75) is 32.6 Å². The number of rotatable bonds is 4. The largest absolute Gasteiger partial charge is 0.370 e. The zero-order valence-electron chi connectivity index (χ0n) is 10.7. The van der Waals surface area contributed by atoms with Crippen molar-refractivity contribution in [3.63, 3.8) is 0 Å². The standard InChI is InChI=1S/C14H19ClN2O/c1-2-5-14(18)16-12-10-11(15)6-7-13(12)17-8-3-4-9-17/h6-7,10H,2-5,8-9H2,1H3,(H,16,18). The highest BCUT2D eigenvalue weighted by Gasteiger charge is 2.17. The number of nitrogens with zero attached hydrogens (tertiary/aromatic N) is 1. The Hall–Kier alpha value is -1.22. The van der Waals surface area contributed by atoms with E-state index < -0.39 is 0 Å². The molecule has 0 radical (unpaired) electrons. The van der Waals surface area contributed by atoms with Crippen LogP contribution in [0.4, 0.5) is 11.4 Å². The van der Waals surface area contributed by atoms with Gasteiger partial charge < -0.3 is 10.2 Å². The van der Waals surface area contributed by atoms with Crippen molar-refractivity contribution in [3.05, 3.63) is 23.2 Å². The fourth-order valence-corrected chi connectivity index (χ4v) is 2.45. The fraction of sp³-hybridized carbons (Fsp3) is 0.500. The van der Waals surface area contributed by atoms with Crippen LogP contribution >= 0.6 is 11.6 Å². The first kappa shape index (κ1) is 13.2. The minimum atomic E-state index is 0.0558. The number of nitrogens with one attached hydrogen (secondary N) is 1. The first-order chi connectivity index (χ1) is 8.70. The maximum absolute atomic E-state index is 11.7. The molecular weight excluding hydrogens is 248 g/mol. The third kappa shape index (κ3) is 3.16. The van der Waals surface area contributed by atoms with Crippen molar-refractivity contribution in [3.8, 4) is 0 Å². The molecule has 98 valence electrons. The summed E-state index contributed by atoms with van der Waals surface area (Å²) in [4.78, 5) is 14.0. The summed E-state index contributed by atoms with van der Waals surface area (Å²) < 4.78 is 0. The van der Waals surface area contributed by atoms with E-state index in [1.165, 1.54) is 12.8 Å². The number of halogens is 1. The second kappa shape index (κ2) is 6.10. The number of benzene rings is 1. The molecule has 1 fully saturated rings. The summed E-state index contributed by atoms with van der Waals surface area (Å²) in [7, 11) is 0. The Morgan fingerprint density at radius 3 is 2.78 bits per heavy atom. The van der Waals surface area contributed by atoms with Crippen LogP contribution in [0.25, 0.3) is 0 Å². The van der Waals surface area contributed by atoms with E-state index in [4.69, 9.17) is 11.6 Å². The smallest absolute Gasteiger partial charge is 0.224 e. The molecule has 1 heterocycles. The van der Waals surface area contributed by atoms with Gasteiger partial charge in [-0.15, -0.1) is 0 Å². The van der Waals surface area contributed by atoms with Crippen LogP contribution in [0.1, 0.15) is 32.6 Å². The molecule has 1 aliphatic rings. The summed E-state index contributed by atoms with van der Waals surface area (Å²) in [6.07, 6.45) is 3.83. The topological polar surface area (TPSA) is 32.3 Å². The zero-order valence-corrected chi connectivity index (χ0v) is 11.5. The third-order valence-electron chi connectivity index (χ3n) is 3.16. The number of hydrogen-bond acceptors (Lipinski definition) is 2. The van der Waals surface area contributed by atoms with Gasteiger partial charge in [-0.3, -0.25) is 4.79 Å². The minimum Gasteiger partial charge on any atom is -0.370 e. The lowest BCUT2D eigenvalue weighted by Gasteiger charge is -2.21. The highest BCUT2D eigenvalue weighted by atomic mass is 35.5. The second-order valence-electron chi connectivity index (χ2n) is 4.65. The van der Waals surface area contributed by atoms with Crippen LogP contribution in [0.2, 0.25) is 5.02 Å². The number of anilines is 2. The van der Waals surface area contributed by atoms with E-state index in [9.17, 15) is 4.79 Å². The first-order valence-electron chi connectivity index (χ1n) is 6.55. The van der Waals surface area contributed by atoms with E-state index in [1.807, 2.05) is 25.1 Å². The lowest BCUT2D eigenvalue weighted by Crippen LogP contribution is -2.21. The number of amides is 1. The van der Waals surface area contributed by atoms with Crippen molar-refractivity contribution in [1.82, 2.24) is 0 Å². The third-order valence-corrected chi connectivity index (χ3v) is 3.39. The highest BCUT2D eigenvalue weighted by Crippen LogP contribution is 2.31. The van der Waals surface area contributed by atoms with Crippen molar-refractivity contribution in [1.29, 1.82) is 0 Å². The van der Waals surface area contributed by atoms with Crippen LogP contribution in [0.15, 0.2) is 18.2 Å². The van der Waals surface area contributed by atoms with Crippen LogP contribution in [0.3, 0.4) is 0 Å². The lowest BCUT2D eigenvalue weighted by molar-refractivity contribution is -0.116. The van der Waals surface area contributed by atoms with Crippen LogP contribution in [0, 0.1) is 0 Å². The minimum absolute atomic E-state index is 0.0558. The average Bonchev–Trinajstić information content (AvgIpc) is 2.83. The molecule has 0 saturated carbocycles. The van der Waals surface area contributed by atoms with E-state index >= 15 is 0 Å². The molecule has 0 unspecified atom stereocenters. The van der Waals surface area contributed by atoms with Crippen molar-refractivity contribution in [2.24, 2.45) is 0 Å². The number of carbonyl (C=O) groups excluding carboxylic acids is 1. The Morgan fingerprint density at radius 1 is 1.39 bits per heavy atom. The quantitative estimate of drug-likeness (QED) is 0.902. The SMILES string of the molecule is CCCC(=O)Nc1cc(Cl)ccc1N1CCCC1. The van der Waals surface area contributed by atoms with E-state index in [0.29, 0.717) is 11.4 Å². The van der Waals surface area contributed by atoms with Gasteiger partial charge in [0.05, 0.1) is 11.4 Å². The molecule has 0 atom stereocenters. The molecule has 1 aromatic carbocycles. The van der Waals surface area contributed by atoms with Gasteiger partial charge in [0.25, 0.3) is 0 Å². The van der Waals surface area contributed by atoms with Gasteiger partial charge in [-0.1, -0.05) is 18.5 Å². The maximum Gasteiger partial charge on any atom is 0.224 e. The Kier molecular flexibility index (Phi) is 4.48. The van der Waals surface area contributed by atoms with E-state index in [1.54, 1.807) is 0 Å². The molecule has 1 amide bonds. The van der Waals surface area contributed by atoms with Crippen LogP contribution in [0.5, 0.6) is 0 Å². The van der Waals surface area contributed by atoms with Crippen molar-refractivity contribution >= 4 is 28.9 Å². The van der Waals surface area contributed by atoms with E-state index in [-0.39, 0.29) is 5.91 Å². The molecule has 1 saturated heterocycles. The summed E-state index contributed by atoms with van der Waals surface area (Å²) in [5.74, 6) is 0.0558. The Labute approximate surface area is 113 Å². The molecule has 3 nitrogen and oxygen atoms in total.